The highest BCUT2D eigenvalue weighted by Crippen LogP contribution is 2.30. The maximum absolute atomic E-state index is 2.36. The summed E-state index contributed by atoms with van der Waals surface area (Å²) >= 11 is 0. The first-order valence-corrected chi connectivity index (χ1v) is 6.83. The molecule has 0 bridgehead atoms. The molecule has 0 radical (unpaired) electrons. The third-order valence-corrected chi connectivity index (χ3v) is 3.75. The molecule has 0 heteroatoms. The second kappa shape index (κ2) is 6.73. The van der Waals surface area contributed by atoms with Crippen LogP contribution in [0.2, 0.25) is 0 Å². The highest BCUT2D eigenvalue weighted by molar-refractivity contribution is 5.37. The lowest BCUT2D eigenvalue weighted by Gasteiger charge is -2.19. The first-order chi connectivity index (χ1) is 7.76. The molecular weight excluding hydrogens is 192 g/mol. The first-order valence-electron chi connectivity index (χ1n) is 6.83. The van der Waals surface area contributed by atoms with E-state index in [9.17, 15) is 0 Å². The minimum atomic E-state index is 1.18. The van der Waals surface area contributed by atoms with Crippen molar-refractivity contribution in [3.8, 4) is 0 Å². The molecule has 0 fully saturated rings. The van der Waals surface area contributed by atoms with Gasteiger partial charge in [-0.1, -0.05) is 56.6 Å². The smallest absolute Gasteiger partial charge is 0.00619 e. The second-order valence-corrected chi connectivity index (χ2v) is 4.53. The highest BCUT2D eigenvalue weighted by Gasteiger charge is 2.11. The van der Waals surface area contributed by atoms with Crippen molar-refractivity contribution in [1.29, 1.82) is 0 Å². The molecular formula is C16H26. The number of hydrogen-bond donors (Lipinski definition) is 0. The summed E-state index contributed by atoms with van der Waals surface area (Å²) < 4.78 is 0. The molecule has 1 aliphatic carbocycles. The van der Waals surface area contributed by atoms with Crippen LogP contribution >= 0.6 is 0 Å². The van der Waals surface area contributed by atoms with Crippen molar-refractivity contribution in [1.82, 2.24) is 0 Å². The molecule has 0 atom stereocenters. The fraction of sp³-hybridized carbons (Fsp3) is 0.625. The van der Waals surface area contributed by atoms with Crippen LogP contribution in [-0.2, 0) is 0 Å². The molecule has 0 unspecified atom stereocenters. The molecule has 0 amide bonds. The third-order valence-electron chi connectivity index (χ3n) is 3.75. The zero-order valence-corrected chi connectivity index (χ0v) is 11.4. The average molecular weight is 218 g/mol. The van der Waals surface area contributed by atoms with Crippen molar-refractivity contribution in [2.75, 3.05) is 0 Å². The van der Waals surface area contributed by atoms with Gasteiger partial charge in [-0.2, -0.15) is 0 Å². The van der Waals surface area contributed by atoms with Crippen molar-refractivity contribution >= 4 is 0 Å². The molecule has 16 heavy (non-hydrogen) atoms. The molecule has 0 spiro atoms. The molecule has 0 aromatic carbocycles. The van der Waals surface area contributed by atoms with Crippen molar-refractivity contribution < 1.29 is 0 Å². The van der Waals surface area contributed by atoms with E-state index in [2.05, 4.69) is 39.8 Å². The summed E-state index contributed by atoms with van der Waals surface area (Å²) in [5.74, 6) is 0. The summed E-state index contributed by atoms with van der Waals surface area (Å²) in [4.78, 5) is 0. The van der Waals surface area contributed by atoms with E-state index in [4.69, 9.17) is 0 Å². The lowest BCUT2D eigenvalue weighted by molar-refractivity contribution is 0.864. The fourth-order valence-corrected chi connectivity index (χ4v) is 2.67. The van der Waals surface area contributed by atoms with Gasteiger partial charge in [0.05, 0.1) is 0 Å². The zero-order valence-electron chi connectivity index (χ0n) is 11.4. The topological polar surface area (TPSA) is 0 Å². The van der Waals surface area contributed by atoms with Crippen LogP contribution in [0.15, 0.2) is 34.4 Å². The number of rotatable bonds is 4. The van der Waals surface area contributed by atoms with Crippen LogP contribution in [0.1, 0.15) is 66.2 Å². The molecule has 0 heterocycles. The SMILES string of the molecule is CCC(CC)=C1C=CCC(=C(CC)CC)C1. The van der Waals surface area contributed by atoms with E-state index in [0.29, 0.717) is 0 Å². The van der Waals surface area contributed by atoms with Crippen LogP contribution in [0.5, 0.6) is 0 Å². The van der Waals surface area contributed by atoms with E-state index in [0.717, 1.165) is 0 Å². The molecule has 0 saturated heterocycles. The molecule has 0 aromatic rings. The fourth-order valence-electron chi connectivity index (χ4n) is 2.67. The normalized spacial score (nSPS) is 15.5. The van der Waals surface area contributed by atoms with Gasteiger partial charge >= 0.3 is 0 Å². The van der Waals surface area contributed by atoms with Crippen LogP contribution in [0.4, 0.5) is 0 Å². The Morgan fingerprint density at radius 3 is 2.00 bits per heavy atom. The van der Waals surface area contributed by atoms with E-state index in [1.807, 2.05) is 0 Å². The van der Waals surface area contributed by atoms with Crippen LogP contribution in [0.3, 0.4) is 0 Å². The monoisotopic (exact) mass is 218 g/mol. The largest absolute Gasteiger partial charge is 0.0802 e. The van der Waals surface area contributed by atoms with E-state index < -0.39 is 0 Å². The molecule has 1 aliphatic rings. The lowest BCUT2D eigenvalue weighted by Crippen LogP contribution is -1.99. The predicted octanol–water partition coefficient (Wildman–Crippen LogP) is 5.57. The summed E-state index contributed by atoms with van der Waals surface area (Å²) in [5.41, 5.74) is 6.58. The van der Waals surface area contributed by atoms with Gasteiger partial charge in [-0.05, 0) is 44.1 Å². The maximum Gasteiger partial charge on any atom is -0.00619 e. The van der Waals surface area contributed by atoms with Gasteiger partial charge < -0.3 is 0 Å². The van der Waals surface area contributed by atoms with E-state index >= 15 is 0 Å². The average Bonchev–Trinajstić information content (AvgIpc) is 2.33. The van der Waals surface area contributed by atoms with Gasteiger partial charge in [0.1, 0.15) is 0 Å². The first kappa shape index (κ1) is 13.3. The second-order valence-electron chi connectivity index (χ2n) is 4.53. The standard InChI is InChI=1S/C16H26/c1-5-13(6-2)15-10-9-11-16(12-15)14(7-3)8-4/h9-10H,5-8,11-12H2,1-4H3. The van der Waals surface area contributed by atoms with Crippen LogP contribution < -0.4 is 0 Å². The Bertz CT molecular complexity index is 301. The summed E-state index contributed by atoms with van der Waals surface area (Å²) in [5, 5.41) is 0. The molecule has 0 aromatic heterocycles. The summed E-state index contributed by atoms with van der Waals surface area (Å²) in [7, 11) is 0. The molecule has 1 rings (SSSR count). The van der Waals surface area contributed by atoms with Gasteiger partial charge in [0.15, 0.2) is 0 Å². The van der Waals surface area contributed by atoms with Crippen molar-refractivity contribution in [2.24, 2.45) is 0 Å². The van der Waals surface area contributed by atoms with Crippen molar-refractivity contribution in [3.05, 3.63) is 34.4 Å². The van der Waals surface area contributed by atoms with Gasteiger partial charge in [0, 0.05) is 0 Å². The van der Waals surface area contributed by atoms with E-state index in [1.165, 1.54) is 38.5 Å². The van der Waals surface area contributed by atoms with Crippen molar-refractivity contribution in [2.45, 2.75) is 66.2 Å². The Morgan fingerprint density at radius 1 is 0.938 bits per heavy atom. The van der Waals surface area contributed by atoms with E-state index in [1.54, 1.807) is 22.3 Å². The summed E-state index contributed by atoms with van der Waals surface area (Å²) in [6.45, 7) is 9.12. The van der Waals surface area contributed by atoms with Gasteiger partial charge in [-0.15, -0.1) is 0 Å². The van der Waals surface area contributed by atoms with Gasteiger partial charge in [0.2, 0.25) is 0 Å². The van der Waals surface area contributed by atoms with Gasteiger partial charge in [0.25, 0.3) is 0 Å². The minimum absolute atomic E-state index is 1.18. The third kappa shape index (κ3) is 3.10. The maximum atomic E-state index is 2.36. The Hall–Kier alpha value is -0.780. The van der Waals surface area contributed by atoms with Crippen LogP contribution in [0.25, 0.3) is 0 Å². The Balaban J connectivity index is 2.98. The Kier molecular flexibility index (Phi) is 5.59. The van der Waals surface area contributed by atoms with Crippen molar-refractivity contribution in [3.63, 3.8) is 0 Å². The van der Waals surface area contributed by atoms with Crippen LogP contribution in [-0.4, -0.2) is 0 Å². The lowest BCUT2D eigenvalue weighted by atomic mass is 9.87. The summed E-state index contributed by atoms with van der Waals surface area (Å²) in [6, 6.07) is 0. The number of allylic oxidation sites excluding steroid dienone is 6. The molecule has 0 nitrogen and oxygen atoms in total. The predicted molar refractivity (Wildman–Crippen MR) is 73.6 cm³/mol. The van der Waals surface area contributed by atoms with Gasteiger partial charge in [-0.25, -0.2) is 0 Å². The van der Waals surface area contributed by atoms with Gasteiger partial charge in [-0.3, -0.25) is 0 Å². The van der Waals surface area contributed by atoms with E-state index in [-0.39, 0.29) is 0 Å². The Morgan fingerprint density at radius 2 is 1.50 bits per heavy atom. The molecule has 90 valence electrons. The molecule has 0 saturated carbocycles. The zero-order chi connectivity index (χ0) is 12.0. The summed E-state index contributed by atoms with van der Waals surface area (Å²) in [6.07, 6.45) is 12.0. The highest BCUT2D eigenvalue weighted by atomic mass is 14.2. The van der Waals surface area contributed by atoms with Crippen LogP contribution in [0, 0.1) is 0 Å². The Labute approximate surface area is 101 Å². The molecule has 0 aliphatic heterocycles. The quantitative estimate of drug-likeness (QED) is 0.541. The molecule has 0 N–H and O–H groups in total. The minimum Gasteiger partial charge on any atom is -0.0802 e. The number of hydrogen-bond acceptors (Lipinski definition) is 0.